The zero-order valence-electron chi connectivity index (χ0n) is 27.7. The minimum atomic E-state index is 0.369. The van der Waals surface area contributed by atoms with Gasteiger partial charge in [0.25, 0.3) is 0 Å². The van der Waals surface area contributed by atoms with Gasteiger partial charge in [0.05, 0.1) is 56.5 Å². The highest BCUT2D eigenvalue weighted by Gasteiger charge is 2.20. The van der Waals surface area contributed by atoms with Crippen LogP contribution in [0.2, 0.25) is 0 Å². The molecule has 0 bridgehead atoms. The van der Waals surface area contributed by atoms with E-state index in [9.17, 15) is 10.5 Å². The minimum Gasteiger partial charge on any atom is -0.309 e. The van der Waals surface area contributed by atoms with Crippen molar-refractivity contribution in [3.63, 3.8) is 0 Å². The molecule has 0 atom stereocenters. The topological polar surface area (TPSA) is 83.2 Å². The number of fused-ring (bicyclic) bond motifs is 7. The number of para-hydroxylation sites is 3. The zero-order valence-corrected chi connectivity index (χ0v) is 27.7. The molecule has 3 heterocycles. The predicted molar refractivity (Wildman–Crippen MR) is 209 cm³/mol. The van der Waals surface area contributed by atoms with Crippen molar-refractivity contribution >= 4 is 54.5 Å². The predicted octanol–water partition coefficient (Wildman–Crippen LogP) is 10.9. The first-order valence-corrected chi connectivity index (χ1v) is 17.0. The standard InChI is InChI=1S/C46H26N6/c47-27-29-23-32(28-48)44-39(24-29)49-46(31-11-3-1-4-12-31)50-45(44)30-19-21-34(22-20-30)52-41-18-10-8-16-36(41)38-25-42-37(26-43(38)52)35-15-7-9-17-40(35)51(42)33-13-5-2-6-14-33/h1-26H. The summed E-state index contributed by atoms with van der Waals surface area (Å²) in [5.74, 6) is 0.534. The lowest BCUT2D eigenvalue weighted by atomic mass is 9.99. The summed E-state index contributed by atoms with van der Waals surface area (Å²) in [6.07, 6.45) is 0. The molecule has 10 rings (SSSR count). The zero-order chi connectivity index (χ0) is 34.8. The maximum atomic E-state index is 10.2. The van der Waals surface area contributed by atoms with Crippen molar-refractivity contribution in [1.29, 1.82) is 10.5 Å². The molecule has 6 heteroatoms. The van der Waals surface area contributed by atoms with Crippen LogP contribution in [0.15, 0.2) is 158 Å². The van der Waals surface area contributed by atoms with Gasteiger partial charge in [-0.05, 0) is 60.7 Å². The first kappa shape index (κ1) is 29.4. The average Bonchev–Trinajstić information content (AvgIpc) is 3.71. The van der Waals surface area contributed by atoms with Gasteiger partial charge in [-0.25, -0.2) is 9.97 Å². The largest absolute Gasteiger partial charge is 0.309 e. The summed E-state index contributed by atoms with van der Waals surface area (Å²) in [7, 11) is 0. The summed E-state index contributed by atoms with van der Waals surface area (Å²) >= 11 is 0. The number of nitriles is 2. The smallest absolute Gasteiger partial charge is 0.160 e. The van der Waals surface area contributed by atoms with Gasteiger partial charge in [-0.1, -0.05) is 97.1 Å². The maximum absolute atomic E-state index is 10.2. The van der Waals surface area contributed by atoms with Gasteiger partial charge in [-0.15, -0.1) is 0 Å². The van der Waals surface area contributed by atoms with Crippen LogP contribution in [0.25, 0.3) is 88.5 Å². The molecular formula is C46H26N6. The van der Waals surface area contributed by atoms with Crippen molar-refractivity contribution in [2.24, 2.45) is 0 Å². The van der Waals surface area contributed by atoms with Crippen LogP contribution in [0.5, 0.6) is 0 Å². The Balaban J connectivity index is 1.20. The van der Waals surface area contributed by atoms with Crippen LogP contribution in [0.1, 0.15) is 11.1 Å². The molecule has 0 aliphatic heterocycles. The third-order valence-electron chi connectivity index (χ3n) is 9.96. The molecule has 0 radical (unpaired) electrons. The molecule has 0 amide bonds. The van der Waals surface area contributed by atoms with E-state index in [0.717, 1.165) is 39.1 Å². The van der Waals surface area contributed by atoms with Crippen molar-refractivity contribution < 1.29 is 0 Å². The van der Waals surface area contributed by atoms with Gasteiger partial charge in [0.1, 0.15) is 0 Å². The fraction of sp³-hybridized carbons (Fsp3) is 0. The SMILES string of the molecule is N#Cc1cc(C#N)c2c(-c3ccc(-n4c5ccccc5c5cc6c(cc54)c4ccccc4n6-c4ccccc4)cc3)nc(-c3ccccc3)nc2c1. The average molecular weight is 663 g/mol. The summed E-state index contributed by atoms with van der Waals surface area (Å²) in [4.78, 5) is 9.86. The summed E-state index contributed by atoms with van der Waals surface area (Å²) < 4.78 is 4.69. The molecule has 0 fully saturated rings. The van der Waals surface area contributed by atoms with E-state index in [1.807, 2.05) is 30.3 Å². The highest BCUT2D eigenvalue weighted by molar-refractivity contribution is 6.19. The number of rotatable bonds is 4. The molecule has 240 valence electrons. The Morgan fingerprint density at radius 1 is 0.442 bits per heavy atom. The lowest BCUT2D eigenvalue weighted by Gasteiger charge is -2.13. The van der Waals surface area contributed by atoms with Gasteiger partial charge in [-0.3, -0.25) is 0 Å². The highest BCUT2D eigenvalue weighted by Crippen LogP contribution is 2.40. The lowest BCUT2D eigenvalue weighted by molar-refractivity contribution is 1.17. The Morgan fingerprint density at radius 3 is 1.60 bits per heavy atom. The molecule has 6 nitrogen and oxygen atoms in total. The molecule has 0 saturated heterocycles. The third-order valence-corrected chi connectivity index (χ3v) is 9.96. The van der Waals surface area contributed by atoms with Gasteiger partial charge in [0.15, 0.2) is 5.82 Å². The van der Waals surface area contributed by atoms with Crippen LogP contribution in [0, 0.1) is 22.7 Å². The Hall–Kier alpha value is -7.54. The Kier molecular flexibility index (Phi) is 6.51. The Bertz CT molecular complexity index is 3120. The van der Waals surface area contributed by atoms with Gasteiger partial charge < -0.3 is 9.13 Å². The Labute approximate surface area is 298 Å². The maximum Gasteiger partial charge on any atom is 0.160 e. The first-order valence-electron chi connectivity index (χ1n) is 17.0. The summed E-state index contributed by atoms with van der Waals surface area (Å²) in [6.45, 7) is 0. The van der Waals surface area contributed by atoms with E-state index in [2.05, 4.69) is 137 Å². The second-order valence-electron chi connectivity index (χ2n) is 12.9. The monoisotopic (exact) mass is 662 g/mol. The molecule has 0 aliphatic carbocycles. The van der Waals surface area contributed by atoms with Gasteiger partial charge in [-0.2, -0.15) is 10.5 Å². The molecule has 0 N–H and O–H groups in total. The van der Waals surface area contributed by atoms with Gasteiger partial charge in [0, 0.05) is 49.4 Å². The molecule has 0 unspecified atom stereocenters. The van der Waals surface area contributed by atoms with Crippen molar-refractivity contribution in [3.05, 3.63) is 169 Å². The van der Waals surface area contributed by atoms with Crippen molar-refractivity contribution in [1.82, 2.24) is 19.1 Å². The van der Waals surface area contributed by atoms with Crippen molar-refractivity contribution in [3.8, 4) is 46.2 Å². The molecule has 52 heavy (non-hydrogen) atoms. The van der Waals surface area contributed by atoms with E-state index >= 15 is 0 Å². The van der Waals surface area contributed by atoms with Crippen LogP contribution >= 0.6 is 0 Å². The van der Waals surface area contributed by atoms with E-state index in [4.69, 9.17) is 9.97 Å². The quantitative estimate of drug-likeness (QED) is 0.188. The summed E-state index contributed by atoms with van der Waals surface area (Å²) in [5, 5.41) is 25.3. The molecule has 3 aromatic heterocycles. The fourth-order valence-corrected chi connectivity index (χ4v) is 7.68. The number of nitrogens with zero attached hydrogens (tertiary/aromatic N) is 6. The minimum absolute atomic E-state index is 0.369. The lowest BCUT2D eigenvalue weighted by Crippen LogP contribution is -1.99. The van der Waals surface area contributed by atoms with Crippen LogP contribution in [-0.4, -0.2) is 19.1 Å². The third kappa shape index (κ3) is 4.42. The van der Waals surface area contributed by atoms with Crippen LogP contribution in [-0.2, 0) is 0 Å². The van der Waals surface area contributed by atoms with Crippen LogP contribution in [0.3, 0.4) is 0 Å². The first-order chi connectivity index (χ1) is 25.7. The molecule has 0 saturated carbocycles. The number of benzene rings is 7. The normalized spacial score (nSPS) is 11.4. The fourth-order valence-electron chi connectivity index (χ4n) is 7.68. The molecule has 10 aromatic rings. The van der Waals surface area contributed by atoms with E-state index in [0.29, 0.717) is 33.5 Å². The highest BCUT2D eigenvalue weighted by atomic mass is 15.0. The van der Waals surface area contributed by atoms with Crippen LogP contribution in [0.4, 0.5) is 0 Å². The second kappa shape index (κ2) is 11.5. The van der Waals surface area contributed by atoms with Crippen molar-refractivity contribution in [2.75, 3.05) is 0 Å². The number of aromatic nitrogens is 4. The van der Waals surface area contributed by atoms with E-state index in [1.165, 1.54) is 27.1 Å². The summed E-state index contributed by atoms with van der Waals surface area (Å²) in [6, 6.07) is 58.3. The summed E-state index contributed by atoms with van der Waals surface area (Å²) in [5.41, 5.74) is 10.4. The Morgan fingerprint density at radius 2 is 1.00 bits per heavy atom. The van der Waals surface area contributed by atoms with Gasteiger partial charge >= 0.3 is 0 Å². The molecule has 7 aromatic carbocycles. The second-order valence-corrected chi connectivity index (χ2v) is 12.9. The van der Waals surface area contributed by atoms with Gasteiger partial charge in [0.2, 0.25) is 0 Å². The molecular weight excluding hydrogens is 637 g/mol. The van der Waals surface area contributed by atoms with Crippen molar-refractivity contribution in [2.45, 2.75) is 0 Å². The number of hydrogen-bond acceptors (Lipinski definition) is 4. The van der Waals surface area contributed by atoms with E-state index in [-0.39, 0.29) is 0 Å². The molecule has 0 aliphatic rings. The van der Waals surface area contributed by atoms with E-state index < -0.39 is 0 Å². The molecule has 0 spiro atoms. The van der Waals surface area contributed by atoms with Crippen LogP contribution < -0.4 is 0 Å². The number of hydrogen-bond donors (Lipinski definition) is 0. The van der Waals surface area contributed by atoms with E-state index in [1.54, 1.807) is 12.1 Å².